The van der Waals surface area contributed by atoms with Crippen LogP contribution in [0.5, 0.6) is 17.4 Å². The highest BCUT2D eigenvalue weighted by Crippen LogP contribution is 2.45. The molecule has 0 spiro atoms. The lowest BCUT2D eigenvalue weighted by Crippen LogP contribution is -2.27. The number of esters is 1. The molecule has 2 heterocycles. The number of benzene rings is 2. The van der Waals surface area contributed by atoms with Crippen LogP contribution in [0.25, 0.3) is 5.69 Å². The van der Waals surface area contributed by atoms with Crippen LogP contribution in [0.15, 0.2) is 65.1 Å². The highest BCUT2D eigenvalue weighted by Gasteiger charge is 2.40. The van der Waals surface area contributed by atoms with E-state index < -0.39 is 23.5 Å². The van der Waals surface area contributed by atoms with E-state index in [0.29, 0.717) is 27.9 Å². The fraction of sp³-hybridized carbons (Fsp3) is 0.174. The molecule has 0 aliphatic carbocycles. The maximum Gasteiger partial charge on any atom is 0.343 e. The Labute approximate surface area is 188 Å². The van der Waals surface area contributed by atoms with Gasteiger partial charge in [-0.3, -0.25) is 9.36 Å². The Balaban J connectivity index is 1.94. The third-order valence-corrected chi connectivity index (χ3v) is 5.90. The molecule has 9 heteroatoms. The van der Waals surface area contributed by atoms with Gasteiger partial charge in [-0.15, -0.1) is 6.58 Å². The average Bonchev–Trinajstić information content (AvgIpc) is 3.13. The topological polar surface area (TPSA) is 99.9 Å². The van der Waals surface area contributed by atoms with Gasteiger partial charge in [0.05, 0.1) is 19.9 Å². The second-order valence-electron chi connectivity index (χ2n) is 6.76. The second kappa shape index (κ2) is 8.80. The maximum atomic E-state index is 13.6. The van der Waals surface area contributed by atoms with Gasteiger partial charge in [0.1, 0.15) is 11.1 Å². The van der Waals surface area contributed by atoms with Crippen LogP contribution in [0.3, 0.4) is 0 Å². The van der Waals surface area contributed by atoms with E-state index in [0.717, 1.165) is 0 Å². The first-order valence-electron chi connectivity index (χ1n) is 9.62. The zero-order valence-electron chi connectivity index (χ0n) is 17.4. The van der Waals surface area contributed by atoms with E-state index in [2.05, 4.69) is 11.6 Å². The molecule has 0 unspecified atom stereocenters. The first-order chi connectivity index (χ1) is 15.5. The number of hydrogen-bond donors (Lipinski definition) is 1. The third kappa shape index (κ3) is 3.50. The molecular formula is C23H20N2O6S. The number of methoxy groups -OCH3 is 2. The largest absolute Gasteiger partial charge is 0.493 e. The predicted octanol–water partition coefficient (Wildman–Crippen LogP) is 3.49. The molecule has 8 nitrogen and oxygen atoms in total. The van der Waals surface area contributed by atoms with E-state index in [9.17, 15) is 14.7 Å². The van der Waals surface area contributed by atoms with Gasteiger partial charge < -0.3 is 19.3 Å². The lowest BCUT2D eigenvalue weighted by Gasteiger charge is -2.17. The van der Waals surface area contributed by atoms with Crippen molar-refractivity contribution in [2.24, 2.45) is 0 Å². The highest BCUT2D eigenvalue weighted by molar-refractivity contribution is 7.99. The summed E-state index contributed by atoms with van der Waals surface area (Å²) in [5.74, 6) is -0.156. The lowest BCUT2D eigenvalue weighted by atomic mass is 9.99. The van der Waals surface area contributed by atoms with Crippen molar-refractivity contribution in [2.45, 2.75) is 11.3 Å². The molecule has 1 N–H and O–H groups in total. The number of aromatic nitrogens is 2. The summed E-state index contributed by atoms with van der Waals surface area (Å²) in [6.07, 6.45) is 0.525. The van der Waals surface area contributed by atoms with Crippen molar-refractivity contribution < 1.29 is 24.1 Å². The van der Waals surface area contributed by atoms with Gasteiger partial charge in [0.2, 0.25) is 5.88 Å². The molecule has 1 aromatic heterocycles. The number of fused-ring (bicyclic) bond motifs is 1. The Morgan fingerprint density at radius 1 is 1.19 bits per heavy atom. The number of thioether (sulfide) groups is 1. The molecule has 32 heavy (non-hydrogen) atoms. The van der Waals surface area contributed by atoms with Gasteiger partial charge in [0, 0.05) is 11.3 Å². The van der Waals surface area contributed by atoms with Gasteiger partial charge in [0.15, 0.2) is 22.8 Å². The minimum Gasteiger partial charge on any atom is -0.493 e. The van der Waals surface area contributed by atoms with Crippen LogP contribution in [0.4, 0.5) is 0 Å². The Morgan fingerprint density at radius 3 is 2.59 bits per heavy atom. The van der Waals surface area contributed by atoms with E-state index in [4.69, 9.17) is 14.2 Å². The molecule has 0 saturated carbocycles. The van der Waals surface area contributed by atoms with Crippen molar-refractivity contribution >= 4 is 17.7 Å². The lowest BCUT2D eigenvalue weighted by molar-refractivity contribution is 0.0447. The first-order valence-corrected chi connectivity index (χ1v) is 10.6. The number of nitrogens with zero attached hydrogens (tertiary/aromatic N) is 2. The zero-order chi connectivity index (χ0) is 22.8. The number of rotatable bonds is 7. The summed E-state index contributed by atoms with van der Waals surface area (Å²) in [7, 11) is 2.86. The fourth-order valence-electron chi connectivity index (χ4n) is 3.58. The van der Waals surface area contributed by atoms with Gasteiger partial charge in [-0.2, -0.15) is 4.98 Å². The average molecular weight is 452 g/mol. The molecule has 1 aliphatic rings. The summed E-state index contributed by atoms with van der Waals surface area (Å²) in [5, 5.41) is 11.0. The molecule has 1 aliphatic heterocycles. The van der Waals surface area contributed by atoms with Gasteiger partial charge >= 0.3 is 5.97 Å². The molecule has 4 rings (SSSR count). The maximum absolute atomic E-state index is 13.6. The van der Waals surface area contributed by atoms with Crippen molar-refractivity contribution in [1.29, 1.82) is 0 Å². The molecule has 1 atom stereocenters. The smallest absolute Gasteiger partial charge is 0.343 e. The summed E-state index contributed by atoms with van der Waals surface area (Å²) >= 11 is 1.25. The van der Waals surface area contributed by atoms with Crippen LogP contribution in [-0.2, 0) is 4.74 Å². The molecule has 0 amide bonds. The Bertz CT molecular complexity index is 1260. The fourth-order valence-corrected chi connectivity index (χ4v) is 4.32. The predicted molar refractivity (Wildman–Crippen MR) is 119 cm³/mol. The monoisotopic (exact) mass is 452 g/mol. The van der Waals surface area contributed by atoms with Crippen LogP contribution in [0.1, 0.15) is 27.6 Å². The van der Waals surface area contributed by atoms with E-state index in [-0.39, 0.29) is 16.9 Å². The Hall–Kier alpha value is -3.72. The molecule has 164 valence electrons. The van der Waals surface area contributed by atoms with Crippen LogP contribution in [-0.4, -0.2) is 40.6 Å². The van der Waals surface area contributed by atoms with E-state index >= 15 is 0 Å². The normalized spacial score (nSPS) is 14.6. The van der Waals surface area contributed by atoms with Crippen LogP contribution < -0.4 is 15.0 Å². The van der Waals surface area contributed by atoms with Gasteiger partial charge in [-0.1, -0.05) is 42.1 Å². The summed E-state index contributed by atoms with van der Waals surface area (Å²) in [6, 6.07) is 12.1. The molecule has 3 aromatic rings. The van der Waals surface area contributed by atoms with Crippen molar-refractivity contribution in [1.82, 2.24) is 9.55 Å². The first kappa shape index (κ1) is 21.5. The SMILES string of the molecule is C=CCSc1nc(O)c([C@@H]2OC(=O)c3c2ccc(OC)c3OC)c(=O)n1-c1ccccc1. The van der Waals surface area contributed by atoms with Gasteiger partial charge in [0.25, 0.3) is 5.56 Å². The van der Waals surface area contributed by atoms with Crippen LogP contribution in [0.2, 0.25) is 0 Å². The second-order valence-corrected chi connectivity index (χ2v) is 7.75. The zero-order valence-corrected chi connectivity index (χ0v) is 18.2. The number of carbonyl (C=O) groups excluding carboxylic acids is 1. The van der Waals surface area contributed by atoms with Crippen LogP contribution in [0, 0.1) is 0 Å². The summed E-state index contributed by atoms with van der Waals surface area (Å²) in [5.41, 5.74) is 0.404. The minimum absolute atomic E-state index is 0.142. The Kier molecular flexibility index (Phi) is 5.91. The third-order valence-electron chi connectivity index (χ3n) is 4.96. The van der Waals surface area contributed by atoms with Crippen LogP contribution >= 0.6 is 11.8 Å². The minimum atomic E-state index is -1.15. The quantitative estimate of drug-likeness (QED) is 0.252. The highest BCUT2D eigenvalue weighted by atomic mass is 32.2. The summed E-state index contributed by atoms with van der Waals surface area (Å²) in [4.78, 5) is 30.6. The van der Waals surface area contributed by atoms with E-state index in [1.807, 2.05) is 6.07 Å². The number of aromatic hydroxyl groups is 1. The van der Waals surface area contributed by atoms with E-state index in [1.54, 1.807) is 42.5 Å². The Morgan fingerprint density at radius 2 is 1.94 bits per heavy atom. The van der Waals surface area contributed by atoms with Crippen molar-refractivity contribution in [3.8, 4) is 23.1 Å². The van der Waals surface area contributed by atoms with Crippen molar-refractivity contribution in [2.75, 3.05) is 20.0 Å². The van der Waals surface area contributed by atoms with Crippen molar-refractivity contribution in [3.63, 3.8) is 0 Å². The number of para-hydroxylation sites is 1. The summed E-state index contributed by atoms with van der Waals surface area (Å²) < 4.78 is 17.5. The summed E-state index contributed by atoms with van der Waals surface area (Å²) in [6.45, 7) is 3.69. The molecule has 0 bridgehead atoms. The van der Waals surface area contributed by atoms with Gasteiger partial charge in [-0.25, -0.2) is 4.79 Å². The molecule has 0 radical (unpaired) electrons. The molecule has 2 aromatic carbocycles. The number of hydrogen-bond acceptors (Lipinski definition) is 8. The standard InChI is InChI=1S/C23H20N2O6S/c1-4-12-32-23-24-20(26)17(21(27)25(23)13-8-6-5-7-9-13)18-14-10-11-15(29-2)19(30-3)16(14)22(28)31-18/h4-11,18,26H,1,12H2,2-3H3/t18-/m1/s1. The number of cyclic esters (lactones) is 1. The number of ether oxygens (including phenoxy) is 3. The van der Waals surface area contributed by atoms with Crippen molar-refractivity contribution in [3.05, 3.63) is 82.2 Å². The van der Waals surface area contributed by atoms with E-state index in [1.165, 1.54) is 30.5 Å². The molecule has 0 saturated heterocycles. The number of carbonyl (C=O) groups is 1. The molecular weight excluding hydrogens is 432 g/mol. The van der Waals surface area contributed by atoms with Gasteiger partial charge in [-0.05, 0) is 18.2 Å². The molecule has 0 fully saturated rings.